The van der Waals surface area contributed by atoms with Crippen LogP contribution in [0.25, 0.3) is 65.4 Å². The van der Waals surface area contributed by atoms with Crippen molar-refractivity contribution in [3.8, 4) is 0 Å². The van der Waals surface area contributed by atoms with Gasteiger partial charge < -0.3 is 18.6 Å². The molecule has 5 heteroatoms. The van der Waals surface area contributed by atoms with Crippen LogP contribution in [0.2, 0.25) is 5.02 Å². The number of benzene rings is 9. The van der Waals surface area contributed by atoms with Gasteiger partial charge in [0.15, 0.2) is 0 Å². The van der Waals surface area contributed by atoms with E-state index in [9.17, 15) is 0 Å². The topological polar surface area (TPSA) is 32.8 Å². The highest BCUT2D eigenvalue weighted by molar-refractivity contribution is 6.37. The Kier molecular flexibility index (Phi) is 6.92. The van der Waals surface area contributed by atoms with Crippen molar-refractivity contribution in [2.24, 2.45) is 0 Å². The fraction of sp³-hybridized carbons (Fsp3) is 0.0385. The first-order chi connectivity index (χ1) is 29.3. The summed E-state index contributed by atoms with van der Waals surface area (Å²) >= 11 is 7.93. The molecule has 0 radical (unpaired) electrons. The first kappa shape index (κ1) is 30.2. The summed E-state index contributed by atoms with van der Waals surface area (Å²) < 4.78 is 38.7. The summed E-state index contributed by atoms with van der Waals surface area (Å²) in [5.74, 6) is 0. The Morgan fingerprint density at radius 1 is 0.421 bits per heavy atom. The maximum absolute atomic E-state index is 8.41. The van der Waals surface area contributed by atoms with Gasteiger partial charge in [0.2, 0.25) is 0 Å². The molecule has 4 nitrogen and oxygen atoms in total. The zero-order valence-corrected chi connectivity index (χ0v) is 31.6. The molecule has 0 aliphatic carbocycles. The van der Waals surface area contributed by atoms with Crippen LogP contribution in [-0.4, -0.2) is 0 Å². The lowest BCUT2D eigenvalue weighted by Gasteiger charge is -2.31. The maximum Gasteiger partial charge on any atom is 0.145 e. The molecule has 11 rings (SSSR count). The van der Waals surface area contributed by atoms with E-state index >= 15 is 0 Å². The summed E-state index contributed by atoms with van der Waals surface area (Å²) in [6, 6.07) is 58.9. The van der Waals surface area contributed by atoms with Crippen LogP contribution in [0.3, 0.4) is 0 Å². The second-order valence-corrected chi connectivity index (χ2v) is 14.8. The Balaban J connectivity index is 1.23. The lowest BCUT2D eigenvalue weighted by Crippen LogP contribution is -2.15. The molecule has 0 amide bonds. The van der Waals surface area contributed by atoms with Gasteiger partial charge in [0.05, 0.1) is 38.5 Å². The molecule has 0 unspecified atom stereocenters. The third-order valence-corrected chi connectivity index (χ3v) is 11.5. The molecule has 11 aromatic rings. The van der Waals surface area contributed by atoms with E-state index < -0.39 is 6.85 Å². The van der Waals surface area contributed by atoms with Crippen LogP contribution in [0.5, 0.6) is 0 Å². The average molecular weight is 758 g/mol. The maximum atomic E-state index is 8.41. The number of anilines is 6. The minimum absolute atomic E-state index is 0.166. The summed E-state index contributed by atoms with van der Waals surface area (Å²) in [5, 5.41) is 7.91. The van der Waals surface area contributed by atoms with E-state index in [0.29, 0.717) is 21.6 Å². The van der Waals surface area contributed by atoms with Crippen LogP contribution < -0.4 is 9.80 Å². The molecule has 0 fully saturated rings. The van der Waals surface area contributed by atoms with Crippen molar-refractivity contribution in [1.29, 1.82) is 0 Å². The summed E-state index contributed by atoms with van der Waals surface area (Å²) in [4.78, 5) is 4.39. The summed E-state index contributed by atoms with van der Waals surface area (Å²) in [6.07, 6.45) is 0. The van der Waals surface area contributed by atoms with E-state index in [2.05, 4.69) is 102 Å². The lowest BCUT2D eigenvalue weighted by molar-refractivity contribution is 0.669. The number of para-hydroxylation sites is 4. The molecule has 0 bridgehead atoms. The Morgan fingerprint density at radius 2 is 0.842 bits per heavy atom. The van der Waals surface area contributed by atoms with Gasteiger partial charge in [-0.15, -0.1) is 0 Å². The van der Waals surface area contributed by atoms with Gasteiger partial charge in [0.1, 0.15) is 22.3 Å². The van der Waals surface area contributed by atoms with Gasteiger partial charge in [-0.1, -0.05) is 139 Å². The van der Waals surface area contributed by atoms with Crippen molar-refractivity contribution in [2.45, 2.75) is 13.8 Å². The summed E-state index contributed by atoms with van der Waals surface area (Å²) in [5.41, 5.74) is 8.84. The monoisotopic (exact) mass is 757 g/mol. The number of fused-ring (bicyclic) bond motifs is 10. The van der Waals surface area contributed by atoms with Crippen molar-refractivity contribution in [3.63, 3.8) is 0 Å². The molecule has 0 aliphatic rings. The first-order valence-electron chi connectivity index (χ1n) is 20.5. The van der Waals surface area contributed by atoms with Gasteiger partial charge in [-0.05, 0) is 84.2 Å². The second-order valence-electron chi connectivity index (χ2n) is 14.4. The van der Waals surface area contributed by atoms with Crippen LogP contribution >= 0.6 is 11.6 Å². The molecule has 57 heavy (non-hydrogen) atoms. The van der Waals surface area contributed by atoms with Crippen LogP contribution in [0, 0.1) is 13.8 Å². The molecule has 0 spiro atoms. The molecular formula is C52H35ClN2O2. The first-order valence-corrected chi connectivity index (χ1v) is 19.3. The standard InChI is InChI=1S/C52H35ClN2O2/c1-32-16-13-26-40-46-44(30-34-18-9-11-24-38(34)51(46)56-49(32)40)54(36-20-5-3-6-21-36)42-28-15-29-43(48(42)53)55(37-22-7-4-8-23-37)45-31-35-19-10-12-25-39(35)52-47(45)41-27-14-17-33(2)50(41)57-52/h3-31H,1-2H3/i1D3. The van der Waals surface area contributed by atoms with Gasteiger partial charge in [0.25, 0.3) is 0 Å². The fourth-order valence-electron chi connectivity index (χ4n) is 8.54. The van der Waals surface area contributed by atoms with E-state index in [1.807, 2.05) is 78.9 Å². The number of nitrogens with zero attached hydrogens (tertiary/aromatic N) is 2. The Labute approximate surface area is 338 Å². The highest BCUT2D eigenvalue weighted by Crippen LogP contribution is 2.52. The predicted octanol–water partition coefficient (Wildman–Crippen LogP) is 16.0. The smallest absolute Gasteiger partial charge is 0.145 e. The van der Waals surface area contributed by atoms with Crippen LogP contribution in [0.4, 0.5) is 34.1 Å². The minimum Gasteiger partial charge on any atom is -0.455 e. The van der Waals surface area contributed by atoms with Crippen LogP contribution in [0.1, 0.15) is 15.2 Å². The number of hydrogen-bond acceptors (Lipinski definition) is 4. The second kappa shape index (κ2) is 13.0. The fourth-order valence-corrected chi connectivity index (χ4v) is 8.84. The van der Waals surface area contributed by atoms with Gasteiger partial charge in [-0.3, -0.25) is 0 Å². The molecule has 2 heterocycles. The van der Waals surface area contributed by atoms with Gasteiger partial charge in [0, 0.05) is 37.0 Å². The van der Waals surface area contributed by atoms with E-state index in [1.165, 1.54) is 0 Å². The quantitative estimate of drug-likeness (QED) is 0.169. The van der Waals surface area contributed by atoms with Gasteiger partial charge in [-0.2, -0.15) is 0 Å². The lowest BCUT2D eigenvalue weighted by atomic mass is 10.0. The number of rotatable bonds is 6. The Hall–Kier alpha value is -7.01. The Morgan fingerprint density at radius 3 is 1.35 bits per heavy atom. The largest absolute Gasteiger partial charge is 0.455 e. The van der Waals surface area contributed by atoms with Crippen molar-refractivity contribution in [1.82, 2.24) is 0 Å². The molecule has 2 aromatic heterocycles. The van der Waals surface area contributed by atoms with Gasteiger partial charge >= 0.3 is 0 Å². The number of hydrogen-bond donors (Lipinski definition) is 0. The predicted molar refractivity (Wildman–Crippen MR) is 240 cm³/mol. The molecule has 272 valence electrons. The van der Waals surface area contributed by atoms with Crippen molar-refractivity contribution in [3.05, 3.63) is 192 Å². The molecule has 0 saturated heterocycles. The SMILES string of the molecule is [2H]C([2H])([2H])c1cccc2c1oc1c3ccccc3cc(N(c3ccccc3)c3cccc(N(c4ccccc4)c4cc5ccccc5c5oc6c(C)cccc6c45)c3Cl)c21. The summed E-state index contributed by atoms with van der Waals surface area (Å²) in [6.45, 7) is -0.300. The molecular weight excluding hydrogens is 720 g/mol. The number of halogens is 1. The molecule has 0 atom stereocenters. The van der Waals surface area contributed by atoms with Crippen molar-refractivity contribution in [2.75, 3.05) is 9.80 Å². The third-order valence-electron chi connectivity index (χ3n) is 11.1. The number of furan rings is 2. The highest BCUT2D eigenvalue weighted by Gasteiger charge is 2.28. The molecule has 9 aromatic carbocycles. The Bertz CT molecular complexity index is 3470. The minimum atomic E-state index is -2.38. The van der Waals surface area contributed by atoms with Crippen molar-refractivity contribution < 1.29 is 12.9 Å². The number of aryl methyl sites for hydroxylation is 2. The molecule has 0 saturated carbocycles. The third kappa shape index (κ3) is 5.15. The zero-order chi connectivity index (χ0) is 40.7. The van der Waals surface area contributed by atoms with Crippen LogP contribution in [-0.2, 0) is 0 Å². The summed E-state index contributed by atoms with van der Waals surface area (Å²) in [7, 11) is 0. The van der Waals surface area contributed by atoms with Crippen LogP contribution in [0.15, 0.2) is 185 Å². The van der Waals surface area contributed by atoms with E-state index in [1.54, 1.807) is 12.1 Å². The average Bonchev–Trinajstić information content (AvgIpc) is 3.87. The highest BCUT2D eigenvalue weighted by atomic mass is 35.5. The van der Waals surface area contributed by atoms with E-state index in [4.69, 9.17) is 24.5 Å². The normalized spacial score (nSPS) is 12.8. The zero-order valence-electron chi connectivity index (χ0n) is 33.8. The molecule has 0 N–H and O–H groups in total. The van der Waals surface area contributed by atoms with E-state index in [0.717, 1.165) is 88.6 Å². The van der Waals surface area contributed by atoms with Crippen molar-refractivity contribution >= 4 is 111 Å². The molecule has 0 aliphatic heterocycles. The van der Waals surface area contributed by atoms with E-state index in [-0.39, 0.29) is 5.56 Å². The van der Waals surface area contributed by atoms with Gasteiger partial charge in [-0.25, -0.2) is 0 Å².